The Hall–Kier alpha value is -0.653. The Morgan fingerprint density at radius 3 is 1.12 bits per heavy atom. The molecule has 0 saturated carbocycles. The molecule has 0 radical (unpaired) electrons. The van der Waals surface area contributed by atoms with E-state index in [-0.39, 0.29) is 20.3 Å². The SMILES string of the molecule is OP(O)O.[H-].[Li+].c1ccc(-c2ccccc2)cc1. The van der Waals surface area contributed by atoms with E-state index < -0.39 is 8.60 Å². The van der Waals surface area contributed by atoms with Crippen LogP contribution in [0, 0.1) is 0 Å². The average molecular weight is 244 g/mol. The maximum atomic E-state index is 7.23. The van der Waals surface area contributed by atoms with Crippen LogP contribution in [0.15, 0.2) is 60.7 Å². The molecule has 2 aromatic rings. The van der Waals surface area contributed by atoms with Gasteiger partial charge in [-0.05, 0) is 11.1 Å². The van der Waals surface area contributed by atoms with Crippen molar-refractivity contribution in [3.8, 4) is 11.1 Å². The zero-order valence-corrected chi connectivity index (χ0v) is 10.5. The van der Waals surface area contributed by atoms with Crippen LogP contribution in [0.1, 0.15) is 1.43 Å². The van der Waals surface area contributed by atoms with Gasteiger partial charge in [0, 0.05) is 0 Å². The van der Waals surface area contributed by atoms with Crippen LogP contribution < -0.4 is 18.9 Å². The van der Waals surface area contributed by atoms with Crippen LogP contribution in [0.3, 0.4) is 0 Å². The summed E-state index contributed by atoms with van der Waals surface area (Å²) < 4.78 is 0. The number of hydrogen-bond donors (Lipinski definition) is 3. The molecule has 0 bridgehead atoms. The van der Waals surface area contributed by atoms with E-state index >= 15 is 0 Å². The Kier molecular flexibility index (Phi) is 9.02. The molecule has 0 saturated heterocycles. The van der Waals surface area contributed by atoms with Crippen LogP contribution in [0.2, 0.25) is 0 Å². The van der Waals surface area contributed by atoms with Gasteiger partial charge in [-0.25, -0.2) is 0 Å². The van der Waals surface area contributed by atoms with Crippen molar-refractivity contribution in [2.24, 2.45) is 0 Å². The quantitative estimate of drug-likeness (QED) is 0.475. The van der Waals surface area contributed by atoms with E-state index in [4.69, 9.17) is 14.7 Å². The summed E-state index contributed by atoms with van der Waals surface area (Å²) in [6.45, 7) is 0. The summed E-state index contributed by atoms with van der Waals surface area (Å²) in [4.78, 5) is 21.7. The van der Waals surface area contributed by atoms with E-state index in [1.807, 2.05) is 12.1 Å². The second-order valence-electron chi connectivity index (χ2n) is 3.00. The molecular formula is C12H14LiO3P. The van der Waals surface area contributed by atoms with Crippen molar-refractivity contribution >= 4 is 8.60 Å². The Bertz CT molecular complexity index is 360. The van der Waals surface area contributed by atoms with Gasteiger partial charge < -0.3 is 16.1 Å². The predicted octanol–water partition coefficient (Wildman–Crippen LogP) is -0.340. The molecule has 5 heteroatoms. The average Bonchev–Trinajstić information content (AvgIpc) is 2.31. The molecule has 2 rings (SSSR count). The van der Waals surface area contributed by atoms with Crippen molar-refractivity contribution in [2.45, 2.75) is 0 Å². The third-order valence-electron chi connectivity index (χ3n) is 1.88. The minimum atomic E-state index is -2.62. The third kappa shape index (κ3) is 7.30. The van der Waals surface area contributed by atoms with Gasteiger partial charge in [0.05, 0.1) is 0 Å². The van der Waals surface area contributed by atoms with Crippen molar-refractivity contribution in [1.82, 2.24) is 0 Å². The standard InChI is InChI=1S/C12H10.Li.H3O3P.H/c1-3-7-11(8-4-1)12-9-5-2-6-10-12;;1-4(2)3;/h1-10H;;1-3H;/q;+1;;-1. The van der Waals surface area contributed by atoms with Crippen LogP contribution in [0.5, 0.6) is 0 Å². The molecule has 0 aliphatic rings. The molecule has 0 amide bonds. The van der Waals surface area contributed by atoms with Crippen molar-refractivity contribution in [3.05, 3.63) is 60.7 Å². The predicted molar refractivity (Wildman–Crippen MR) is 66.6 cm³/mol. The van der Waals surface area contributed by atoms with Gasteiger partial charge >= 0.3 is 27.5 Å². The van der Waals surface area contributed by atoms with E-state index in [2.05, 4.69) is 48.5 Å². The second kappa shape index (κ2) is 9.38. The van der Waals surface area contributed by atoms with Gasteiger partial charge in [0.1, 0.15) is 0 Å². The molecule has 0 fully saturated rings. The number of benzene rings is 2. The second-order valence-corrected chi connectivity index (χ2v) is 3.54. The van der Waals surface area contributed by atoms with Gasteiger partial charge in [-0.3, -0.25) is 0 Å². The van der Waals surface area contributed by atoms with Crippen LogP contribution >= 0.6 is 8.60 Å². The molecule has 0 unspecified atom stereocenters. The van der Waals surface area contributed by atoms with Crippen LogP contribution in [0.25, 0.3) is 11.1 Å². The summed E-state index contributed by atoms with van der Waals surface area (Å²) in [5.74, 6) is 0. The van der Waals surface area contributed by atoms with Crippen LogP contribution in [0.4, 0.5) is 0 Å². The van der Waals surface area contributed by atoms with Crippen molar-refractivity contribution in [3.63, 3.8) is 0 Å². The Morgan fingerprint density at radius 2 is 0.882 bits per heavy atom. The van der Waals surface area contributed by atoms with Crippen molar-refractivity contribution in [1.29, 1.82) is 0 Å². The van der Waals surface area contributed by atoms with Crippen LogP contribution in [-0.4, -0.2) is 14.7 Å². The van der Waals surface area contributed by atoms with Crippen LogP contribution in [-0.2, 0) is 0 Å². The summed E-state index contributed by atoms with van der Waals surface area (Å²) >= 11 is 0. The number of hydrogen-bond acceptors (Lipinski definition) is 3. The van der Waals surface area contributed by atoms with Gasteiger partial charge in [0.25, 0.3) is 0 Å². The fraction of sp³-hybridized carbons (Fsp3) is 0. The first-order valence-corrected chi connectivity index (χ1v) is 5.87. The molecule has 86 valence electrons. The fourth-order valence-corrected chi connectivity index (χ4v) is 1.26. The maximum Gasteiger partial charge on any atom is 1.00 e. The Labute approximate surface area is 115 Å². The molecule has 0 atom stereocenters. The van der Waals surface area contributed by atoms with Crippen molar-refractivity contribution in [2.75, 3.05) is 0 Å². The van der Waals surface area contributed by atoms with E-state index in [0.717, 1.165) is 0 Å². The fourth-order valence-electron chi connectivity index (χ4n) is 1.26. The number of rotatable bonds is 1. The Morgan fingerprint density at radius 1 is 0.647 bits per heavy atom. The largest absolute Gasteiger partial charge is 1.00 e. The van der Waals surface area contributed by atoms with E-state index in [1.165, 1.54) is 11.1 Å². The molecule has 0 aliphatic carbocycles. The zero-order valence-electron chi connectivity index (χ0n) is 10.6. The molecule has 0 spiro atoms. The summed E-state index contributed by atoms with van der Waals surface area (Å²) in [5.41, 5.74) is 2.55. The molecule has 0 heterocycles. The van der Waals surface area contributed by atoms with E-state index in [0.29, 0.717) is 0 Å². The molecule has 0 aliphatic heterocycles. The molecule has 0 aromatic heterocycles. The summed E-state index contributed by atoms with van der Waals surface area (Å²) in [6, 6.07) is 20.8. The minimum absolute atomic E-state index is 0. The van der Waals surface area contributed by atoms with Gasteiger partial charge in [0.2, 0.25) is 0 Å². The van der Waals surface area contributed by atoms with Gasteiger partial charge in [-0.2, -0.15) is 0 Å². The first-order valence-electron chi connectivity index (χ1n) is 4.67. The topological polar surface area (TPSA) is 60.7 Å². The Balaban J connectivity index is 0. The summed E-state index contributed by atoms with van der Waals surface area (Å²) in [7, 11) is -2.62. The van der Waals surface area contributed by atoms with Crippen molar-refractivity contribution < 1.29 is 35.0 Å². The maximum absolute atomic E-state index is 7.23. The molecule has 3 nitrogen and oxygen atoms in total. The minimum Gasteiger partial charge on any atom is -1.00 e. The van der Waals surface area contributed by atoms with E-state index in [9.17, 15) is 0 Å². The molecule has 17 heavy (non-hydrogen) atoms. The van der Waals surface area contributed by atoms with E-state index in [1.54, 1.807) is 0 Å². The zero-order chi connectivity index (χ0) is 11.8. The van der Waals surface area contributed by atoms with Gasteiger partial charge in [0.15, 0.2) is 0 Å². The normalized spacial score (nSPS) is 8.94. The first kappa shape index (κ1) is 16.3. The van der Waals surface area contributed by atoms with Gasteiger partial charge in [-0.1, -0.05) is 60.7 Å². The smallest absolute Gasteiger partial charge is 1.00 e. The molecular weight excluding hydrogens is 230 g/mol. The first-order chi connectivity index (χ1) is 7.70. The summed E-state index contributed by atoms with van der Waals surface area (Å²) in [6.07, 6.45) is 0. The monoisotopic (exact) mass is 244 g/mol. The third-order valence-corrected chi connectivity index (χ3v) is 1.88. The molecule has 2 aromatic carbocycles. The summed E-state index contributed by atoms with van der Waals surface area (Å²) in [5, 5.41) is 0. The van der Waals surface area contributed by atoms with Gasteiger partial charge in [-0.15, -0.1) is 0 Å². The molecule has 3 N–H and O–H groups in total.